The zero-order valence-corrected chi connectivity index (χ0v) is 16.9. The van der Waals surface area contributed by atoms with Crippen LogP contribution in [0.4, 0.5) is 10.1 Å². The number of anilines is 1. The Bertz CT molecular complexity index is 1100. The molecule has 2 aliphatic heterocycles. The number of aromatic nitrogens is 2. The van der Waals surface area contributed by atoms with E-state index in [4.69, 9.17) is 5.73 Å². The van der Waals surface area contributed by atoms with Crippen LogP contribution in [0.5, 0.6) is 0 Å². The molecule has 0 aliphatic carbocycles. The minimum atomic E-state index is -0.499. The van der Waals surface area contributed by atoms with E-state index in [0.717, 1.165) is 12.8 Å². The van der Waals surface area contributed by atoms with E-state index < -0.39 is 11.4 Å². The number of carbonyl (C=O) groups excluding carboxylic acids is 1. The summed E-state index contributed by atoms with van der Waals surface area (Å²) in [7, 11) is 1.63. The number of benzene rings is 1. The number of nitrogens with two attached hydrogens (primary N) is 1. The molecule has 2 atom stereocenters. The van der Waals surface area contributed by atoms with Gasteiger partial charge in [0.25, 0.3) is 5.56 Å². The third kappa shape index (κ3) is 3.31. The fourth-order valence-electron chi connectivity index (χ4n) is 4.66. The molecule has 3 heterocycles. The predicted molar refractivity (Wildman–Crippen MR) is 113 cm³/mol. The van der Waals surface area contributed by atoms with Crippen molar-refractivity contribution in [2.24, 2.45) is 21.6 Å². The summed E-state index contributed by atoms with van der Waals surface area (Å²) in [5.41, 5.74) is 6.22. The first kappa shape index (κ1) is 20.0. The molecule has 0 spiro atoms. The van der Waals surface area contributed by atoms with E-state index in [1.807, 2.05) is 4.90 Å². The number of nitrogens with zero attached hydrogens (tertiary/aromatic N) is 4. The number of hydrogen-bond acceptors (Lipinski definition) is 5. The SMILES string of the molecule is CN=C(N=CN)[C@H]1c2n[nH]c(=O)c3cc(F)cc(c23)N[C@@H]1C1CCN(C(C)=O)CC1. The van der Waals surface area contributed by atoms with Crippen molar-refractivity contribution in [3.63, 3.8) is 0 Å². The van der Waals surface area contributed by atoms with E-state index in [1.54, 1.807) is 14.0 Å². The van der Waals surface area contributed by atoms with Crippen molar-refractivity contribution in [3.8, 4) is 0 Å². The first-order chi connectivity index (χ1) is 14.4. The van der Waals surface area contributed by atoms with Crippen LogP contribution >= 0.6 is 0 Å². The highest BCUT2D eigenvalue weighted by atomic mass is 19.1. The van der Waals surface area contributed by atoms with E-state index >= 15 is 0 Å². The number of likely N-dealkylation sites (tertiary alicyclic amines) is 1. The van der Waals surface area contributed by atoms with Crippen LogP contribution in [0.15, 0.2) is 26.9 Å². The molecule has 0 radical (unpaired) electrons. The highest BCUT2D eigenvalue weighted by Crippen LogP contribution is 2.42. The van der Waals surface area contributed by atoms with Gasteiger partial charge >= 0.3 is 0 Å². The molecule has 10 heteroatoms. The fraction of sp³-hybridized carbons (Fsp3) is 0.450. The average Bonchev–Trinajstić information content (AvgIpc) is 2.74. The molecule has 4 rings (SSSR count). The van der Waals surface area contributed by atoms with Crippen molar-refractivity contribution in [3.05, 3.63) is 34.0 Å². The monoisotopic (exact) mass is 413 g/mol. The number of hydrogen-bond donors (Lipinski definition) is 3. The van der Waals surface area contributed by atoms with Crippen molar-refractivity contribution in [2.75, 3.05) is 25.5 Å². The number of amides is 1. The number of aromatic amines is 1. The maximum atomic E-state index is 14.3. The third-order valence-corrected chi connectivity index (χ3v) is 6.06. The molecular weight excluding hydrogens is 389 g/mol. The first-order valence-corrected chi connectivity index (χ1v) is 9.89. The Morgan fingerprint density at radius 1 is 1.37 bits per heavy atom. The molecule has 4 N–H and O–H groups in total. The van der Waals surface area contributed by atoms with Gasteiger partial charge in [0.2, 0.25) is 5.91 Å². The summed E-state index contributed by atoms with van der Waals surface area (Å²) in [5.74, 6) is -0.196. The Kier molecular flexibility index (Phi) is 5.23. The van der Waals surface area contributed by atoms with Gasteiger partial charge < -0.3 is 16.0 Å². The summed E-state index contributed by atoms with van der Waals surface area (Å²) >= 11 is 0. The zero-order chi connectivity index (χ0) is 21.4. The van der Waals surface area contributed by atoms with Crippen molar-refractivity contribution < 1.29 is 9.18 Å². The molecular formula is C20H24FN7O2. The molecule has 1 fully saturated rings. The highest BCUT2D eigenvalue weighted by Gasteiger charge is 2.41. The normalized spacial score (nSPS) is 22.5. The van der Waals surface area contributed by atoms with Crippen LogP contribution in [0, 0.1) is 11.7 Å². The number of aliphatic imine (C=N–C) groups is 2. The molecule has 0 unspecified atom stereocenters. The van der Waals surface area contributed by atoms with Crippen molar-refractivity contribution in [2.45, 2.75) is 31.7 Å². The largest absolute Gasteiger partial charge is 0.390 e. The average molecular weight is 413 g/mol. The van der Waals surface area contributed by atoms with Crippen LogP contribution in [0.1, 0.15) is 31.4 Å². The van der Waals surface area contributed by atoms with Crippen molar-refractivity contribution in [1.29, 1.82) is 0 Å². The quantitative estimate of drug-likeness (QED) is 0.504. The Labute approximate surface area is 172 Å². The van der Waals surface area contributed by atoms with Gasteiger partial charge in [0.05, 0.1) is 23.3 Å². The number of nitrogens with one attached hydrogen (secondary N) is 2. The number of H-pyrrole nitrogens is 1. The van der Waals surface area contributed by atoms with Gasteiger partial charge in [-0.05, 0) is 30.9 Å². The maximum Gasteiger partial charge on any atom is 0.272 e. The molecule has 158 valence electrons. The Hall–Kier alpha value is -3.30. The second kappa shape index (κ2) is 7.85. The second-order valence-electron chi connectivity index (χ2n) is 7.67. The smallest absolute Gasteiger partial charge is 0.272 e. The zero-order valence-electron chi connectivity index (χ0n) is 16.9. The van der Waals surface area contributed by atoms with Gasteiger partial charge in [0, 0.05) is 44.2 Å². The van der Waals surface area contributed by atoms with E-state index in [9.17, 15) is 14.0 Å². The van der Waals surface area contributed by atoms with Gasteiger partial charge in [-0.25, -0.2) is 14.5 Å². The van der Waals surface area contributed by atoms with Crippen LogP contribution < -0.4 is 16.6 Å². The summed E-state index contributed by atoms with van der Waals surface area (Å²) in [4.78, 5) is 34.4. The maximum absolute atomic E-state index is 14.3. The molecule has 1 amide bonds. The van der Waals surface area contributed by atoms with Gasteiger partial charge in [-0.15, -0.1) is 0 Å². The lowest BCUT2D eigenvalue weighted by atomic mass is 9.76. The van der Waals surface area contributed by atoms with Crippen LogP contribution in [-0.4, -0.2) is 59.4 Å². The Balaban J connectivity index is 1.84. The number of amidine groups is 1. The Morgan fingerprint density at radius 3 is 2.73 bits per heavy atom. The lowest BCUT2D eigenvalue weighted by molar-refractivity contribution is -0.130. The van der Waals surface area contributed by atoms with Gasteiger partial charge in [-0.1, -0.05) is 0 Å². The minimum absolute atomic E-state index is 0.0570. The summed E-state index contributed by atoms with van der Waals surface area (Å²) in [6.45, 7) is 2.86. The van der Waals surface area contributed by atoms with Gasteiger partial charge in [-0.2, -0.15) is 5.10 Å². The molecule has 2 aromatic rings. The van der Waals surface area contributed by atoms with Gasteiger partial charge in [-0.3, -0.25) is 14.6 Å². The van der Waals surface area contributed by atoms with E-state index in [1.165, 1.54) is 18.5 Å². The summed E-state index contributed by atoms with van der Waals surface area (Å²) < 4.78 is 14.3. The molecule has 1 saturated heterocycles. The molecule has 30 heavy (non-hydrogen) atoms. The molecule has 1 aromatic heterocycles. The predicted octanol–water partition coefficient (Wildman–Crippen LogP) is 1.21. The molecule has 9 nitrogen and oxygen atoms in total. The molecule has 1 aromatic carbocycles. The lowest BCUT2D eigenvalue weighted by Gasteiger charge is -2.41. The number of piperidine rings is 1. The standard InChI is InChI=1S/C20H24FN7O2/c1-10(29)28-5-3-11(4-6-28)17-16(19(23-2)24-9-22)18-15-13(20(30)27-26-18)7-12(21)8-14(15)25-17/h7-9,11,16-17,25H,3-6H2,1-2H3,(H,27,30)(H2,22,23,24)/t16-,17-/m1/s1. The summed E-state index contributed by atoms with van der Waals surface area (Å²) in [6.07, 6.45) is 2.73. The first-order valence-electron chi connectivity index (χ1n) is 9.89. The van der Waals surface area contributed by atoms with Crippen LogP contribution in [0.2, 0.25) is 0 Å². The fourth-order valence-corrected chi connectivity index (χ4v) is 4.66. The van der Waals surface area contributed by atoms with Crippen LogP contribution in [-0.2, 0) is 4.79 Å². The van der Waals surface area contributed by atoms with E-state index in [2.05, 4.69) is 25.5 Å². The molecule has 2 aliphatic rings. The number of rotatable bonds is 2. The molecule has 0 saturated carbocycles. The number of carbonyl (C=O) groups is 1. The molecule has 0 bridgehead atoms. The van der Waals surface area contributed by atoms with Crippen molar-refractivity contribution in [1.82, 2.24) is 15.1 Å². The second-order valence-corrected chi connectivity index (χ2v) is 7.67. The van der Waals surface area contributed by atoms with E-state index in [0.29, 0.717) is 35.7 Å². The summed E-state index contributed by atoms with van der Waals surface area (Å²) in [6, 6.07) is 2.40. The third-order valence-electron chi connectivity index (χ3n) is 6.06. The van der Waals surface area contributed by atoms with E-state index in [-0.39, 0.29) is 29.2 Å². The minimum Gasteiger partial charge on any atom is -0.390 e. The van der Waals surface area contributed by atoms with Crippen LogP contribution in [0.25, 0.3) is 10.8 Å². The Morgan fingerprint density at radius 2 is 2.10 bits per heavy atom. The lowest BCUT2D eigenvalue weighted by Crippen LogP contribution is -2.47. The summed E-state index contributed by atoms with van der Waals surface area (Å²) in [5, 5.41) is 11.0. The van der Waals surface area contributed by atoms with Gasteiger partial charge in [0.1, 0.15) is 11.7 Å². The van der Waals surface area contributed by atoms with Crippen molar-refractivity contribution >= 4 is 34.5 Å². The van der Waals surface area contributed by atoms with Gasteiger partial charge in [0.15, 0.2) is 0 Å². The topological polar surface area (TPSA) is 129 Å². The highest BCUT2D eigenvalue weighted by molar-refractivity contribution is 6.04. The number of halogens is 1. The van der Waals surface area contributed by atoms with Crippen LogP contribution in [0.3, 0.4) is 0 Å².